The number of nitriles is 1. The van der Waals surface area contributed by atoms with E-state index in [1.54, 1.807) is 12.1 Å². The number of nitrogens with zero attached hydrogens (tertiary/aromatic N) is 2. The molecule has 0 fully saturated rings. The molecule has 1 rings (SSSR count). The Morgan fingerprint density at radius 1 is 1.41 bits per heavy atom. The molecule has 0 N–H and O–H groups in total. The molecule has 0 unspecified atom stereocenters. The molecule has 0 radical (unpaired) electrons. The minimum absolute atomic E-state index is 0.202. The standard InChI is InChI=1S/C14H19FN2/c1-12(2)10-17(8-4-7-16)11-13-5-3-6-14(15)9-13/h3,5-6,9,12H,4,8,10-11H2,1-2H3. The molecule has 0 spiro atoms. The summed E-state index contributed by atoms with van der Waals surface area (Å²) < 4.78 is 13.1. The third kappa shape index (κ3) is 5.46. The van der Waals surface area contributed by atoms with Crippen molar-refractivity contribution in [1.82, 2.24) is 4.90 Å². The van der Waals surface area contributed by atoms with Gasteiger partial charge in [-0.1, -0.05) is 26.0 Å². The van der Waals surface area contributed by atoms with Crippen molar-refractivity contribution < 1.29 is 4.39 Å². The van der Waals surface area contributed by atoms with E-state index < -0.39 is 0 Å². The van der Waals surface area contributed by atoms with Crippen LogP contribution in [0.1, 0.15) is 25.8 Å². The lowest BCUT2D eigenvalue weighted by Crippen LogP contribution is -2.28. The van der Waals surface area contributed by atoms with Crippen LogP contribution < -0.4 is 0 Å². The minimum atomic E-state index is -0.202. The maximum absolute atomic E-state index is 13.1. The lowest BCUT2D eigenvalue weighted by atomic mass is 10.1. The van der Waals surface area contributed by atoms with Gasteiger partial charge in [0, 0.05) is 26.1 Å². The topological polar surface area (TPSA) is 27.0 Å². The van der Waals surface area contributed by atoms with E-state index in [0.717, 1.165) is 18.7 Å². The lowest BCUT2D eigenvalue weighted by Gasteiger charge is -2.23. The Morgan fingerprint density at radius 3 is 2.76 bits per heavy atom. The zero-order valence-electron chi connectivity index (χ0n) is 10.5. The summed E-state index contributed by atoms with van der Waals surface area (Å²) in [5.74, 6) is 0.342. The van der Waals surface area contributed by atoms with Crippen molar-refractivity contribution in [2.75, 3.05) is 13.1 Å². The first-order chi connectivity index (χ1) is 8.11. The normalized spacial score (nSPS) is 10.8. The van der Waals surface area contributed by atoms with Gasteiger partial charge in [0.2, 0.25) is 0 Å². The highest BCUT2D eigenvalue weighted by Crippen LogP contribution is 2.09. The zero-order valence-corrected chi connectivity index (χ0v) is 10.5. The first kappa shape index (κ1) is 13.7. The van der Waals surface area contributed by atoms with E-state index in [9.17, 15) is 4.39 Å². The maximum Gasteiger partial charge on any atom is 0.123 e. The van der Waals surface area contributed by atoms with Gasteiger partial charge in [-0.3, -0.25) is 4.90 Å². The second kappa shape index (κ2) is 7.03. The van der Waals surface area contributed by atoms with Gasteiger partial charge in [0.05, 0.1) is 6.07 Å². The first-order valence-electron chi connectivity index (χ1n) is 5.95. The van der Waals surface area contributed by atoms with Crippen LogP contribution in [0.4, 0.5) is 4.39 Å². The van der Waals surface area contributed by atoms with Crippen molar-refractivity contribution in [2.45, 2.75) is 26.8 Å². The smallest absolute Gasteiger partial charge is 0.123 e. The molecular weight excluding hydrogens is 215 g/mol. The van der Waals surface area contributed by atoms with Crippen LogP contribution in [0.15, 0.2) is 24.3 Å². The van der Waals surface area contributed by atoms with E-state index in [2.05, 4.69) is 24.8 Å². The summed E-state index contributed by atoms with van der Waals surface area (Å²) in [6, 6.07) is 8.80. The van der Waals surface area contributed by atoms with Gasteiger partial charge in [-0.2, -0.15) is 5.26 Å². The first-order valence-corrected chi connectivity index (χ1v) is 5.95. The molecule has 1 aromatic carbocycles. The largest absolute Gasteiger partial charge is 0.298 e. The number of halogens is 1. The van der Waals surface area contributed by atoms with Crippen molar-refractivity contribution in [3.05, 3.63) is 35.6 Å². The van der Waals surface area contributed by atoms with Crippen LogP contribution in [0, 0.1) is 23.1 Å². The highest BCUT2D eigenvalue weighted by molar-refractivity contribution is 5.16. The molecule has 0 aliphatic carbocycles. The number of rotatable bonds is 6. The fraction of sp³-hybridized carbons (Fsp3) is 0.500. The Balaban J connectivity index is 2.61. The SMILES string of the molecule is CC(C)CN(CCC#N)Cc1cccc(F)c1. The molecule has 2 nitrogen and oxygen atoms in total. The molecule has 0 heterocycles. The summed E-state index contributed by atoms with van der Waals surface area (Å²) in [6.45, 7) is 6.66. The Hall–Kier alpha value is -1.40. The van der Waals surface area contributed by atoms with Gasteiger partial charge >= 0.3 is 0 Å². The quantitative estimate of drug-likeness (QED) is 0.755. The monoisotopic (exact) mass is 234 g/mol. The fourth-order valence-electron chi connectivity index (χ4n) is 1.85. The summed E-state index contributed by atoms with van der Waals surface area (Å²) in [7, 11) is 0. The molecule has 0 saturated carbocycles. The van der Waals surface area contributed by atoms with Crippen LogP contribution >= 0.6 is 0 Å². The molecule has 17 heavy (non-hydrogen) atoms. The molecule has 0 amide bonds. The van der Waals surface area contributed by atoms with E-state index in [1.807, 2.05) is 6.07 Å². The summed E-state index contributed by atoms with van der Waals surface area (Å²) in [4.78, 5) is 2.20. The van der Waals surface area contributed by atoms with E-state index in [1.165, 1.54) is 6.07 Å². The molecule has 0 bridgehead atoms. The van der Waals surface area contributed by atoms with Gasteiger partial charge in [0.15, 0.2) is 0 Å². The predicted molar refractivity (Wildman–Crippen MR) is 66.7 cm³/mol. The molecule has 0 atom stereocenters. The van der Waals surface area contributed by atoms with Crippen molar-refractivity contribution >= 4 is 0 Å². The van der Waals surface area contributed by atoms with Crippen LogP contribution in [-0.2, 0) is 6.54 Å². The van der Waals surface area contributed by atoms with Crippen molar-refractivity contribution in [3.63, 3.8) is 0 Å². The lowest BCUT2D eigenvalue weighted by molar-refractivity contribution is 0.241. The predicted octanol–water partition coefficient (Wildman–Crippen LogP) is 3.20. The number of hydrogen-bond donors (Lipinski definition) is 0. The van der Waals surface area contributed by atoms with Gasteiger partial charge in [-0.25, -0.2) is 4.39 Å². The molecule has 1 aromatic rings. The van der Waals surface area contributed by atoms with Gasteiger partial charge in [-0.15, -0.1) is 0 Å². The summed E-state index contributed by atoms with van der Waals surface area (Å²) in [5, 5.41) is 8.62. The Bertz CT molecular complexity index is 382. The number of benzene rings is 1. The summed E-state index contributed by atoms with van der Waals surface area (Å²) >= 11 is 0. The van der Waals surface area contributed by atoms with Gasteiger partial charge in [0.1, 0.15) is 5.82 Å². The molecular formula is C14H19FN2. The van der Waals surface area contributed by atoms with Crippen molar-refractivity contribution in [1.29, 1.82) is 5.26 Å². The Labute approximate surface area is 103 Å². The second-order valence-corrected chi connectivity index (χ2v) is 4.67. The van der Waals surface area contributed by atoms with Crippen LogP contribution in [-0.4, -0.2) is 18.0 Å². The maximum atomic E-state index is 13.1. The molecule has 92 valence electrons. The molecule has 0 saturated heterocycles. The Kier molecular flexibility index (Phi) is 5.65. The number of hydrogen-bond acceptors (Lipinski definition) is 2. The highest BCUT2D eigenvalue weighted by Gasteiger charge is 2.08. The third-order valence-corrected chi connectivity index (χ3v) is 2.46. The van der Waals surface area contributed by atoms with Gasteiger partial charge in [0.25, 0.3) is 0 Å². The average Bonchev–Trinajstić information content (AvgIpc) is 2.25. The van der Waals surface area contributed by atoms with Gasteiger partial charge < -0.3 is 0 Å². The average molecular weight is 234 g/mol. The van der Waals surface area contributed by atoms with Crippen molar-refractivity contribution in [2.24, 2.45) is 5.92 Å². The third-order valence-electron chi connectivity index (χ3n) is 2.46. The van der Waals surface area contributed by atoms with Crippen LogP contribution in [0.3, 0.4) is 0 Å². The molecule has 0 aromatic heterocycles. The summed E-state index contributed by atoms with van der Waals surface area (Å²) in [6.07, 6.45) is 0.516. The fourth-order valence-corrected chi connectivity index (χ4v) is 1.85. The minimum Gasteiger partial charge on any atom is -0.298 e. The summed E-state index contributed by atoms with van der Waals surface area (Å²) in [5.41, 5.74) is 0.962. The van der Waals surface area contributed by atoms with Gasteiger partial charge in [-0.05, 0) is 23.6 Å². The second-order valence-electron chi connectivity index (χ2n) is 4.67. The zero-order chi connectivity index (χ0) is 12.7. The van der Waals surface area contributed by atoms with E-state index in [-0.39, 0.29) is 5.82 Å². The Morgan fingerprint density at radius 2 is 2.18 bits per heavy atom. The van der Waals surface area contributed by atoms with E-state index in [0.29, 0.717) is 18.9 Å². The molecule has 0 aliphatic heterocycles. The van der Waals surface area contributed by atoms with Crippen LogP contribution in [0.2, 0.25) is 0 Å². The highest BCUT2D eigenvalue weighted by atomic mass is 19.1. The van der Waals surface area contributed by atoms with Crippen LogP contribution in [0.5, 0.6) is 0 Å². The van der Waals surface area contributed by atoms with E-state index >= 15 is 0 Å². The molecule has 0 aliphatic rings. The van der Waals surface area contributed by atoms with E-state index in [4.69, 9.17) is 5.26 Å². The van der Waals surface area contributed by atoms with Crippen LogP contribution in [0.25, 0.3) is 0 Å². The molecule has 3 heteroatoms. The van der Waals surface area contributed by atoms with Crippen molar-refractivity contribution in [3.8, 4) is 6.07 Å².